The Morgan fingerprint density at radius 1 is 1.56 bits per heavy atom. The Labute approximate surface area is 96.4 Å². The van der Waals surface area contributed by atoms with E-state index in [1.54, 1.807) is 13.1 Å². The Morgan fingerprint density at radius 3 is 2.94 bits per heavy atom. The molecule has 0 fully saturated rings. The summed E-state index contributed by atoms with van der Waals surface area (Å²) in [5.41, 5.74) is 1.21. The van der Waals surface area contributed by atoms with Crippen molar-refractivity contribution in [2.24, 2.45) is 0 Å². The third-order valence-corrected chi connectivity index (χ3v) is 3.33. The van der Waals surface area contributed by atoms with Crippen molar-refractivity contribution >= 4 is 35.1 Å². The number of benzene rings is 1. The van der Waals surface area contributed by atoms with Crippen LogP contribution >= 0.6 is 11.8 Å². The van der Waals surface area contributed by atoms with Crippen LogP contribution in [0, 0.1) is 0 Å². The molecule has 0 radical (unpaired) electrons. The van der Waals surface area contributed by atoms with Gasteiger partial charge in [-0.15, -0.1) is 11.8 Å². The van der Waals surface area contributed by atoms with Crippen LogP contribution in [0.15, 0.2) is 23.1 Å². The van der Waals surface area contributed by atoms with Gasteiger partial charge in [0.1, 0.15) is 0 Å². The van der Waals surface area contributed by atoms with Gasteiger partial charge in [0.15, 0.2) is 0 Å². The maximum atomic E-state index is 11.5. The lowest BCUT2D eigenvalue weighted by molar-refractivity contribution is -0.115. The molecule has 0 aliphatic carbocycles. The first-order chi connectivity index (χ1) is 7.63. The largest absolute Gasteiger partial charge is 0.464 e. The van der Waals surface area contributed by atoms with Crippen LogP contribution in [0.4, 0.5) is 16.2 Å². The maximum absolute atomic E-state index is 11.5. The second-order valence-corrected chi connectivity index (χ2v) is 4.25. The zero-order valence-corrected chi connectivity index (χ0v) is 9.37. The van der Waals surface area contributed by atoms with Crippen LogP contribution in [0.2, 0.25) is 0 Å². The zero-order chi connectivity index (χ0) is 11.7. The number of carbonyl (C=O) groups excluding carboxylic acids is 1. The molecule has 2 rings (SSSR count). The van der Waals surface area contributed by atoms with Gasteiger partial charge in [0, 0.05) is 17.6 Å². The summed E-state index contributed by atoms with van der Waals surface area (Å²) >= 11 is 1.35. The van der Waals surface area contributed by atoms with Crippen LogP contribution in [0.5, 0.6) is 0 Å². The molecular weight excluding hydrogens is 228 g/mol. The average molecular weight is 238 g/mol. The van der Waals surface area contributed by atoms with Gasteiger partial charge in [0.05, 0.1) is 11.4 Å². The standard InChI is InChI=1S/C10H10N2O3S/c1-11-6-2-3-8-7(4-6)12(10(14)15)9(13)5-16-8/h2-4,11H,5H2,1H3,(H,14,15). The second kappa shape index (κ2) is 4.05. The van der Waals surface area contributed by atoms with E-state index in [2.05, 4.69) is 5.32 Å². The molecule has 0 unspecified atom stereocenters. The van der Waals surface area contributed by atoms with Crippen LogP contribution in [-0.4, -0.2) is 29.9 Å². The van der Waals surface area contributed by atoms with Crippen molar-refractivity contribution in [2.45, 2.75) is 4.90 Å². The predicted octanol–water partition coefficient (Wildman–Crippen LogP) is 1.84. The van der Waals surface area contributed by atoms with Gasteiger partial charge in [-0.1, -0.05) is 0 Å². The molecule has 0 saturated carbocycles. The molecule has 5 nitrogen and oxygen atoms in total. The molecule has 2 amide bonds. The molecule has 1 aromatic rings. The number of rotatable bonds is 1. The normalized spacial score (nSPS) is 14.6. The Morgan fingerprint density at radius 2 is 2.31 bits per heavy atom. The number of carbonyl (C=O) groups is 2. The fourth-order valence-corrected chi connectivity index (χ4v) is 2.39. The Hall–Kier alpha value is -1.69. The van der Waals surface area contributed by atoms with E-state index in [1.807, 2.05) is 12.1 Å². The summed E-state index contributed by atoms with van der Waals surface area (Å²) in [5, 5.41) is 11.9. The van der Waals surface area contributed by atoms with E-state index in [-0.39, 0.29) is 5.75 Å². The minimum atomic E-state index is -1.24. The monoisotopic (exact) mass is 238 g/mol. The van der Waals surface area contributed by atoms with Gasteiger partial charge < -0.3 is 10.4 Å². The lowest BCUT2D eigenvalue weighted by Crippen LogP contribution is -2.39. The van der Waals surface area contributed by atoms with E-state index in [1.165, 1.54) is 11.8 Å². The summed E-state index contributed by atoms with van der Waals surface area (Å²) in [6.45, 7) is 0. The van der Waals surface area contributed by atoms with Crippen molar-refractivity contribution in [3.63, 3.8) is 0 Å². The highest BCUT2D eigenvalue weighted by Crippen LogP contribution is 2.37. The van der Waals surface area contributed by atoms with Crippen LogP contribution < -0.4 is 10.2 Å². The van der Waals surface area contributed by atoms with Crippen molar-refractivity contribution in [1.29, 1.82) is 0 Å². The van der Waals surface area contributed by atoms with E-state index >= 15 is 0 Å². The number of carboxylic acid groups (broad SMARTS) is 1. The SMILES string of the molecule is CNc1ccc2c(c1)N(C(=O)O)C(=O)CS2. The number of hydrogen-bond acceptors (Lipinski definition) is 4. The third-order valence-electron chi connectivity index (χ3n) is 2.28. The summed E-state index contributed by atoms with van der Waals surface area (Å²) in [6.07, 6.45) is -1.24. The first-order valence-electron chi connectivity index (χ1n) is 4.64. The molecule has 6 heteroatoms. The van der Waals surface area contributed by atoms with Crippen molar-refractivity contribution in [3.05, 3.63) is 18.2 Å². The molecule has 0 atom stereocenters. The molecule has 1 heterocycles. The fraction of sp³-hybridized carbons (Fsp3) is 0.200. The number of anilines is 2. The highest BCUT2D eigenvalue weighted by atomic mass is 32.2. The highest BCUT2D eigenvalue weighted by Gasteiger charge is 2.29. The minimum Gasteiger partial charge on any atom is -0.464 e. The van der Waals surface area contributed by atoms with Crippen molar-refractivity contribution in [2.75, 3.05) is 23.0 Å². The summed E-state index contributed by atoms with van der Waals surface area (Å²) < 4.78 is 0. The van der Waals surface area contributed by atoms with Gasteiger partial charge >= 0.3 is 6.09 Å². The fourth-order valence-electron chi connectivity index (χ4n) is 1.52. The van der Waals surface area contributed by atoms with E-state index in [4.69, 9.17) is 5.11 Å². The Bertz CT molecular complexity index is 461. The topological polar surface area (TPSA) is 69.6 Å². The second-order valence-electron chi connectivity index (χ2n) is 3.23. The molecular formula is C10H10N2O3S. The molecule has 84 valence electrons. The zero-order valence-electron chi connectivity index (χ0n) is 8.56. The van der Waals surface area contributed by atoms with E-state index in [0.29, 0.717) is 5.69 Å². The minimum absolute atomic E-state index is 0.165. The average Bonchev–Trinajstić information content (AvgIpc) is 2.27. The molecule has 2 N–H and O–H groups in total. The molecule has 0 bridgehead atoms. The molecule has 1 aliphatic heterocycles. The van der Waals surface area contributed by atoms with Gasteiger partial charge in [0.25, 0.3) is 0 Å². The summed E-state index contributed by atoms with van der Waals surface area (Å²) in [7, 11) is 1.74. The molecule has 1 aromatic carbocycles. The highest BCUT2D eigenvalue weighted by molar-refractivity contribution is 8.00. The van der Waals surface area contributed by atoms with Crippen LogP contribution in [-0.2, 0) is 4.79 Å². The maximum Gasteiger partial charge on any atom is 0.418 e. The number of hydrogen-bond donors (Lipinski definition) is 2. The first kappa shape index (κ1) is 10.8. The van der Waals surface area contributed by atoms with E-state index < -0.39 is 12.0 Å². The molecule has 0 saturated heterocycles. The predicted molar refractivity (Wildman–Crippen MR) is 62.2 cm³/mol. The van der Waals surface area contributed by atoms with Crippen LogP contribution in [0.3, 0.4) is 0 Å². The van der Waals surface area contributed by atoms with Gasteiger partial charge in [-0.05, 0) is 18.2 Å². The number of amides is 2. The smallest absolute Gasteiger partial charge is 0.418 e. The lowest BCUT2D eigenvalue weighted by Gasteiger charge is -2.25. The number of fused-ring (bicyclic) bond motifs is 1. The molecule has 16 heavy (non-hydrogen) atoms. The lowest BCUT2D eigenvalue weighted by atomic mass is 10.2. The van der Waals surface area contributed by atoms with E-state index in [9.17, 15) is 9.59 Å². The van der Waals surface area contributed by atoms with Crippen molar-refractivity contribution in [1.82, 2.24) is 0 Å². The molecule has 1 aliphatic rings. The third kappa shape index (κ3) is 1.71. The Balaban J connectivity index is 2.52. The summed E-state index contributed by atoms with van der Waals surface area (Å²) in [6, 6.07) is 5.32. The van der Waals surface area contributed by atoms with Gasteiger partial charge in [0.2, 0.25) is 5.91 Å². The molecule has 0 aromatic heterocycles. The number of nitrogens with one attached hydrogen (secondary N) is 1. The van der Waals surface area contributed by atoms with Gasteiger partial charge in [-0.3, -0.25) is 4.79 Å². The number of nitrogens with zero attached hydrogens (tertiary/aromatic N) is 1. The van der Waals surface area contributed by atoms with Crippen LogP contribution in [0.1, 0.15) is 0 Å². The Kier molecular flexibility index (Phi) is 2.74. The van der Waals surface area contributed by atoms with Crippen molar-refractivity contribution < 1.29 is 14.7 Å². The summed E-state index contributed by atoms with van der Waals surface area (Å²) in [4.78, 5) is 24.1. The van der Waals surface area contributed by atoms with Crippen LogP contribution in [0.25, 0.3) is 0 Å². The van der Waals surface area contributed by atoms with E-state index in [0.717, 1.165) is 15.5 Å². The molecule has 0 spiro atoms. The number of imide groups is 1. The van der Waals surface area contributed by atoms with Crippen molar-refractivity contribution in [3.8, 4) is 0 Å². The first-order valence-corrected chi connectivity index (χ1v) is 5.62. The summed E-state index contributed by atoms with van der Waals surface area (Å²) in [5.74, 6) is -0.240. The quantitative estimate of drug-likeness (QED) is 0.781. The van der Waals surface area contributed by atoms with Gasteiger partial charge in [-0.25, -0.2) is 9.69 Å². The number of thioether (sulfide) groups is 1. The van der Waals surface area contributed by atoms with Gasteiger partial charge in [-0.2, -0.15) is 0 Å².